The number of carboxylic acid groups (broad SMARTS) is 1. The molecule has 1 N–H and O–H groups in total. The summed E-state index contributed by atoms with van der Waals surface area (Å²) in [4.78, 5) is 10.7. The lowest BCUT2D eigenvalue weighted by molar-refractivity contribution is 0.0677. The van der Waals surface area contributed by atoms with Crippen LogP contribution in [0.15, 0.2) is 24.3 Å². The minimum Gasteiger partial charge on any atom is -0.475 e. The first-order chi connectivity index (χ1) is 7.66. The number of aromatic nitrogens is 4. The van der Waals surface area contributed by atoms with Crippen molar-refractivity contribution in [2.45, 2.75) is 6.54 Å². The van der Waals surface area contributed by atoms with Crippen molar-refractivity contribution in [2.75, 3.05) is 0 Å². The largest absolute Gasteiger partial charge is 0.475 e. The van der Waals surface area contributed by atoms with Gasteiger partial charge in [0.05, 0.1) is 6.54 Å². The second-order valence-corrected chi connectivity index (χ2v) is 3.53. The van der Waals surface area contributed by atoms with Gasteiger partial charge >= 0.3 is 5.97 Å². The molecular weight excluding hydrogens is 232 g/mol. The molecule has 2 aromatic rings. The second-order valence-electron chi connectivity index (χ2n) is 3.09. The van der Waals surface area contributed by atoms with Crippen LogP contribution in [0.25, 0.3) is 0 Å². The van der Waals surface area contributed by atoms with Crippen LogP contribution in [0.3, 0.4) is 0 Å². The number of aromatic carboxylic acids is 1. The Kier molecular flexibility index (Phi) is 2.82. The summed E-state index contributed by atoms with van der Waals surface area (Å²) in [7, 11) is 0. The van der Waals surface area contributed by atoms with Crippen LogP contribution >= 0.6 is 11.6 Å². The molecule has 0 unspecified atom stereocenters. The summed E-state index contributed by atoms with van der Waals surface area (Å²) >= 11 is 5.73. The Balaban J connectivity index is 2.23. The van der Waals surface area contributed by atoms with Crippen molar-refractivity contribution in [1.29, 1.82) is 0 Å². The molecule has 0 aliphatic rings. The zero-order valence-electron chi connectivity index (χ0n) is 8.04. The zero-order chi connectivity index (χ0) is 11.5. The minimum atomic E-state index is -1.15. The van der Waals surface area contributed by atoms with E-state index in [4.69, 9.17) is 16.7 Å². The van der Waals surface area contributed by atoms with Gasteiger partial charge in [0.25, 0.3) is 5.82 Å². The summed E-state index contributed by atoms with van der Waals surface area (Å²) in [6, 6.07) is 7.02. The molecule has 0 radical (unpaired) electrons. The maximum Gasteiger partial charge on any atom is 0.375 e. The number of tetrazole rings is 1. The molecule has 1 aromatic heterocycles. The van der Waals surface area contributed by atoms with Crippen LogP contribution in [0.2, 0.25) is 5.02 Å². The van der Waals surface area contributed by atoms with Gasteiger partial charge < -0.3 is 5.11 Å². The van der Waals surface area contributed by atoms with Gasteiger partial charge in [0, 0.05) is 5.02 Å². The van der Waals surface area contributed by atoms with Crippen molar-refractivity contribution < 1.29 is 9.90 Å². The lowest BCUT2D eigenvalue weighted by Crippen LogP contribution is -2.11. The van der Waals surface area contributed by atoms with Gasteiger partial charge in [-0.2, -0.15) is 0 Å². The molecule has 0 aliphatic carbocycles. The third-order valence-electron chi connectivity index (χ3n) is 1.97. The number of nitrogens with zero attached hydrogens (tertiary/aromatic N) is 4. The Bertz CT molecular complexity index is 508. The summed E-state index contributed by atoms with van der Waals surface area (Å²) in [6.45, 7) is 0.297. The summed E-state index contributed by atoms with van der Waals surface area (Å²) in [5.41, 5.74) is 0.874. The van der Waals surface area contributed by atoms with Crippen LogP contribution < -0.4 is 0 Å². The second kappa shape index (κ2) is 4.28. The van der Waals surface area contributed by atoms with E-state index in [1.807, 2.05) is 0 Å². The quantitative estimate of drug-likeness (QED) is 0.865. The lowest BCUT2D eigenvalue weighted by Gasteiger charge is -2.01. The highest BCUT2D eigenvalue weighted by atomic mass is 35.5. The van der Waals surface area contributed by atoms with Crippen molar-refractivity contribution in [3.8, 4) is 0 Å². The normalized spacial score (nSPS) is 10.3. The summed E-state index contributed by atoms with van der Waals surface area (Å²) in [5.74, 6) is -1.34. The molecule has 0 spiro atoms. The van der Waals surface area contributed by atoms with Crippen LogP contribution in [0, 0.1) is 0 Å². The third kappa shape index (κ3) is 2.17. The van der Waals surface area contributed by atoms with Crippen LogP contribution in [0.1, 0.15) is 16.2 Å². The van der Waals surface area contributed by atoms with Gasteiger partial charge in [-0.1, -0.05) is 23.7 Å². The number of hydrogen-bond acceptors (Lipinski definition) is 4. The Hall–Kier alpha value is -1.95. The van der Waals surface area contributed by atoms with E-state index in [9.17, 15) is 4.79 Å². The van der Waals surface area contributed by atoms with Crippen LogP contribution in [-0.4, -0.2) is 31.3 Å². The molecule has 2 rings (SSSR count). The fourth-order valence-corrected chi connectivity index (χ4v) is 1.35. The van der Waals surface area contributed by atoms with Crippen molar-refractivity contribution >= 4 is 17.6 Å². The molecule has 0 atom stereocenters. The smallest absolute Gasteiger partial charge is 0.375 e. The standard InChI is InChI=1S/C9H7ClN4O2/c10-7-3-1-6(2-4-7)5-14-8(9(15)16)11-12-13-14/h1-4H,5H2,(H,15,16). The van der Waals surface area contributed by atoms with Crippen molar-refractivity contribution in [2.24, 2.45) is 0 Å². The average molecular weight is 239 g/mol. The fraction of sp³-hybridized carbons (Fsp3) is 0.111. The highest BCUT2D eigenvalue weighted by Gasteiger charge is 2.13. The highest BCUT2D eigenvalue weighted by molar-refractivity contribution is 6.30. The molecule has 0 bridgehead atoms. The van der Waals surface area contributed by atoms with Gasteiger partial charge in [0.2, 0.25) is 0 Å². The molecule has 6 nitrogen and oxygen atoms in total. The van der Waals surface area contributed by atoms with E-state index in [-0.39, 0.29) is 5.82 Å². The summed E-state index contributed by atoms with van der Waals surface area (Å²) in [5, 5.41) is 19.7. The number of carbonyl (C=O) groups is 1. The van der Waals surface area contributed by atoms with Gasteiger partial charge in [-0.25, -0.2) is 9.48 Å². The Morgan fingerprint density at radius 1 is 1.38 bits per heavy atom. The number of benzene rings is 1. The SMILES string of the molecule is O=C(O)c1nnnn1Cc1ccc(Cl)cc1. The molecule has 0 saturated heterocycles. The number of hydrogen-bond donors (Lipinski definition) is 1. The summed E-state index contributed by atoms with van der Waals surface area (Å²) < 4.78 is 1.21. The average Bonchev–Trinajstić information content (AvgIpc) is 2.69. The number of rotatable bonds is 3. The van der Waals surface area contributed by atoms with E-state index in [0.717, 1.165) is 5.56 Å². The molecule has 1 heterocycles. The van der Waals surface area contributed by atoms with E-state index in [0.29, 0.717) is 11.6 Å². The Morgan fingerprint density at radius 2 is 2.06 bits per heavy atom. The van der Waals surface area contributed by atoms with Gasteiger partial charge in [-0.15, -0.1) is 5.10 Å². The topological polar surface area (TPSA) is 80.9 Å². The molecule has 7 heteroatoms. The van der Waals surface area contributed by atoms with Crippen molar-refractivity contribution in [1.82, 2.24) is 20.2 Å². The number of carboxylic acids is 1. The van der Waals surface area contributed by atoms with Crippen molar-refractivity contribution in [3.63, 3.8) is 0 Å². The Labute approximate surface area is 95.5 Å². The fourth-order valence-electron chi connectivity index (χ4n) is 1.23. The van der Waals surface area contributed by atoms with E-state index >= 15 is 0 Å². The molecule has 0 amide bonds. The van der Waals surface area contributed by atoms with Crippen LogP contribution in [0.4, 0.5) is 0 Å². The van der Waals surface area contributed by atoms with E-state index < -0.39 is 5.97 Å². The first kappa shape index (κ1) is 10.6. The highest BCUT2D eigenvalue weighted by Crippen LogP contribution is 2.10. The van der Waals surface area contributed by atoms with Crippen LogP contribution in [0.5, 0.6) is 0 Å². The monoisotopic (exact) mass is 238 g/mol. The third-order valence-corrected chi connectivity index (χ3v) is 2.22. The molecule has 0 aliphatic heterocycles. The summed E-state index contributed by atoms with van der Waals surface area (Å²) in [6.07, 6.45) is 0. The molecular formula is C9H7ClN4O2. The number of halogens is 1. The van der Waals surface area contributed by atoms with E-state index in [2.05, 4.69) is 15.5 Å². The minimum absolute atomic E-state index is 0.185. The zero-order valence-corrected chi connectivity index (χ0v) is 8.79. The lowest BCUT2D eigenvalue weighted by atomic mass is 10.2. The predicted molar refractivity (Wildman–Crippen MR) is 55.3 cm³/mol. The Morgan fingerprint density at radius 3 is 2.69 bits per heavy atom. The first-order valence-corrected chi connectivity index (χ1v) is 4.78. The molecule has 0 saturated carbocycles. The molecule has 0 fully saturated rings. The first-order valence-electron chi connectivity index (χ1n) is 4.41. The predicted octanol–water partition coefficient (Wildman–Crippen LogP) is 1.07. The van der Waals surface area contributed by atoms with Crippen molar-refractivity contribution in [3.05, 3.63) is 40.7 Å². The van der Waals surface area contributed by atoms with E-state index in [1.165, 1.54) is 4.68 Å². The molecule has 16 heavy (non-hydrogen) atoms. The van der Waals surface area contributed by atoms with E-state index in [1.54, 1.807) is 24.3 Å². The van der Waals surface area contributed by atoms with Gasteiger partial charge in [0.15, 0.2) is 0 Å². The van der Waals surface area contributed by atoms with Gasteiger partial charge in [-0.05, 0) is 28.1 Å². The molecule has 1 aromatic carbocycles. The maximum absolute atomic E-state index is 10.7. The van der Waals surface area contributed by atoms with Gasteiger partial charge in [-0.3, -0.25) is 0 Å². The molecule has 82 valence electrons. The maximum atomic E-state index is 10.7. The van der Waals surface area contributed by atoms with Gasteiger partial charge in [0.1, 0.15) is 0 Å². The van der Waals surface area contributed by atoms with Crippen LogP contribution in [-0.2, 0) is 6.54 Å².